The highest BCUT2D eigenvalue weighted by atomic mass is 16.6. The lowest BCUT2D eigenvalue weighted by Gasteiger charge is -2.05. The molecule has 5 nitrogen and oxygen atoms in total. The fourth-order valence-corrected chi connectivity index (χ4v) is 1.24. The zero-order valence-electron chi connectivity index (χ0n) is 10.0. The van der Waals surface area contributed by atoms with E-state index in [4.69, 9.17) is 9.47 Å². The number of hydrogen-bond donors (Lipinski definition) is 1. The summed E-state index contributed by atoms with van der Waals surface area (Å²) in [5.74, 6) is -0.320. The fraction of sp³-hybridized carbons (Fsp3) is 0.500. The molecule has 1 rings (SSSR count). The maximum atomic E-state index is 10.9. The van der Waals surface area contributed by atoms with Crippen LogP contribution in [-0.4, -0.2) is 37.3 Å². The lowest BCUT2D eigenvalue weighted by molar-refractivity contribution is -0.148. The Hall–Kier alpha value is -1.46. The van der Waals surface area contributed by atoms with Crippen molar-refractivity contribution in [1.29, 1.82) is 0 Å². The maximum absolute atomic E-state index is 10.9. The van der Waals surface area contributed by atoms with Crippen LogP contribution in [0.5, 0.6) is 0 Å². The highest BCUT2D eigenvalue weighted by molar-refractivity contribution is 5.70. The van der Waals surface area contributed by atoms with Gasteiger partial charge in [-0.05, 0) is 18.6 Å². The van der Waals surface area contributed by atoms with Gasteiger partial charge in [-0.2, -0.15) is 0 Å². The van der Waals surface area contributed by atoms with E-state index in [-0.39, 0.29) is 12.6 Å². The molecule has 0 unspecified atom stereocenters. The molecule has 1 N–H and O–H groups in total. The zero-order valence-corrected chi connectivity index (χ0v) is 10.0. The van der Waals surface area contributed by atoms with E-state index in [0.717, 1.165) is 12.1 Å². The summed E-state index contributed by atoms with van der Waals surface area (Å²) in [6.45, 7) is 4.10. The standard InChI is InChI=1S/C12H18N2O3/c1-2-17-12(15)10-16-7-6-14-9-11-4-3-5-13-8-11/h3-5,8,14H,2,6-7,9-10H2,1H3. The summed E-state index contributed by atoms with van der Waals surface area (Å²) < 4.78 is 9.86. The average molecular weight is 238 g/mol. The molecule has 5 heteroatoms. The van der Waals surface area contributed by atoms with Gasteiger partial charge in [-0.1, -0.05) is 6.07 Å². The predicted octanol–water partition coefficient (Wildman–Crippen LogP) is 0.751. The molecule has 0 fully saturated rings. The second-order valence-electron chi connectivity index (χ2n) is 3.40. The molecule has 94 valence electrons. The first-order valence-electron chi connectivity index (χ1n) is 5.66. The number of nitrogens with one attached hydrogen (secondary N) is 1. The number of rotatable bonds is 8. The molecule has 0 spiro atoms. The number of carbonyl (C=O) groups is 1. The van der Waals surface area contributed by atoms with Crippen molar-refractivity contribution >= 4 is 5.97 Å². The van der Waals surface area contributed by atoms with E-state index in [2.05, 4.69) is 10.3 Å². The fourth-order valence-electron chi connectivity index (χ4n) is 1.24. The van der Waals surface area contributed by atoms with Crippen molar-refractivity contribution in [2.75, 3.05) is 26.4 Å². The Morgan fingerprint density at radius 2 is 2.41 bits per heavy atom. The van der Waals surface area contributed by atoms with E-state index >= 15 is 0 Å². The van der Waals surface area contributed by atoms with Crippen molar-refractivity contribution in [2.45, 2.75) is 13.5 Å². The first-order valence-corrected chi connectivity index (χ1v) is 5.66. The van der Waals surface area contributed by atoms with Gasteiger partial charge in [0.05, 0.1) is 13.2 Å². The molecule has 17 heavy (non-hydrogen) atoms. The normalized spacial score (nSPS) is 10.2. The molecule has 0 saturated heterocycles. The Bertz CT molecular complexity index is 317. The Morgan fingerprint density at radius 3 is 3.12 bits per heavy atom. The van der Waals surface area contributed by atoms with Crippen LogP contribution >= 0.6 is 0 Å². The van der Waals surface area contributed by atoms with E-state index in [9.17, 15) is 4.79 Å². The predicted molar refractivity (Wildman–Crippen MR) is 63.4 cm³/mol. The second kappa shape index (κ2) is 8.66. The molecule has 0 atom stereocenters. The van der Waals surface area contributed by atoms with E-state index in [0.29, 0.717) is 19.8 Å². The van der Waals surface area contributed by atoms with Crippen LogP contribution in [0, 0.1) is 0 Å². The topological polar surface area (TPSA) is 60.5 Å². The van der Waals surface area contributed by atoms with Crippen molar-refractivity contribution in [3.05, 3.63) is 30.1 Å². The van der Waals surface area contributed by atoms with Crippen LogP contribution in [0.1, 0.15) is 12.5 Å². The molecule has 0 aromatic carbocycles. The van der Waals surface area contributed by atoms with Crippen molar-refractivity contribution in [1.82, 2.24) is 10.3 Å². The number of esters is 1. The Morgan fingerprint density at radius 1 is 1.53 bits per heavy atom. The molecular weight excluding hydrogens is 220 g/mol. The summed E-state index contributed by atoms with van der Waals surface area (Å²) in [7, 11) is 0. The highest BCUT2D eigenvalue weighted by Crippen LogP contribution is 1.93. The smallest absolute Gasteiger partial charge is 0.332 e. The number of hydrogen-bond acceptors (Lipinski definition) is 5. The van der Waals surface area contributed by atoms with Crippen LogP contribution in [0.25, 0.3) is 0 Å². The van der Waals surface area contributed by atoms with Gasteiger partial charge < -0.3 is 14.8 Å². The first-order chi connectivity index (χ1) is 8.33. The molecule has 0 amide bonds. The number of pyridine rings is 1. The summed E-state index contributed by atoms with van der Waals surface area (Å²) in [6, 6.07) is 3.90. The van der Waals surface area contributed by atoms with Crippen molar-refractivity contribution in [3.8, 4) is 0 Å². The molecule has 0 bridgehead atoms. The van der Waals surface area contributed by atoms with Gasteiger partial charge in [0.1, 0.15) is 6.61 Å². The number of carbonyl (C=O) groups excluding carboxylic acids is 1. The SMILES string of the molecule is CCOC(=O)COCCNCc1cccnc1. The molecule has 0 saturated carbocycles. The molecule has 0 radical (unpaired) electrons. The minimum atomic E-state index is -0.320. The van der Waals surface area contributed by atoms with E-state index < -0.39 is 0 Å². The van der Waals surface area contributed by atoms with Gasteiger partial charge in [0.15, 0.2) is 0 Å². The molecule has 1 heterocycles. The van der Waals surface area contributed by atoms with Gasteiger partial charge in [0, 0.05) is 25.5 Å². The number of nitrogens with zero attached hydrogens (tertiary/aromatic N) is 1. The molecule has 0 aliphatic rings. The average Bonchev–Trinajstić information content (AvgIpc) is 2.35. The highest BCUT2D eigenvalue weighted by Gasteiger charge is 2.00. The molecular formula is C12H18N2O3. The summed E-state index contributed by atoms with van der Waals surface area (Å²) in [5, 5.41) is 3.19. The van der Waals surface area contributed by atoms with Crippen LogP contribution in [0.4, 0.5) is 0 Å². The van der Waals surface area contributed by atoms with Gasteiger partial charge in [-0.15, -0.1) is 0 Å². The summed E-state index contributed by atoms with van der Waals surface area (Å²) in [5.41, 5.74) is 1.12. The van der Waals surface area contributed by atoms with Crippen molar-refractivity contribution < 1.29 is 14.3 Å². The van der Waals surface area contributed by atoms with Crippen LogP contribution < -0.4 is 5.32 Å². The van der Waals surface area contributed by atoms with Crippen LogP contribution in [0.15, 0.2) is 24.5 Å². The minimum absolute atomic E-state index is 0.0163. The Labute approximate surface area is 101 Å². The summed E-state index contributed by atoms with van der Waals surface area (Å²) in [6.07, 6.45) is 3.55. The Kier molecular flexibility index (Phi) is 6.93. The summed E-state index contributed by atoms with van der Waals surface area (Å²) in [4.78, 5) is 14.9. The van der Waals surface area contributed by atoms with Gasteiger partial charge in [-0.3, -0.25) is 4.98 Å². The second-order valence-corrected chi connectivity index (χ2v) is 3.40. The molecule has 0 aliphatic carbocycles. The van der Waals surface area contributed by atoms with Gasteiger partial charge >= 0.3 is 5.97 Å². The Balaban J connectivity index is 1.96. The van der Waals surface area contributed by atoms with E-state index in [1.54, 1.807) is 13.1 Å². The maximum Gasteiger partial charge on any atom is 0.332 e. The third kappa shape index (κ3) is 6.65. The number of ether oxygens (including phenoxy) is 2. The quantitative estimate of drug-likeness (QED) is 0.535. The van der Waals surface area contributed by atoms with Crippen LogP contribution in [0.2, 0.25) is 0 Å². The van der Waals surface area contributed by atoms with Gasteiger partial charge in [0.25, 0.3) is 0 Å². The van der Waals surface area contributed by atoms with E-state index in [1.807, 2.05) is 18.3 Å². The lowest BCUT2D eigenvalue weighted by Crippen LogP contribution is -2.21. The minimum Gasteiger partial charge on any atom is -0.464 e. The van der Waals surface area contributed by atoms with Crippen molar-refractivity contribution in [2.24, 2.45) is 0 Å². The van der Waals surface area contributed by atoms with Gasteiger partial charge in [0.2, 0.25) is 0 Å². The van der Waals surface area contributed by atoms with Crippen LogP contribution in [-0.2, 0) is 20.8 Å². The third-order valence-corrected chi connectivity index (χ3v) is 2.00. The number of aromatic nitrogens is 1. The molecule has 1 aromatic heterocycles. The van der Waals surface area contributed by atoms with Crippen molar-refractivity contribution in [3.63, 3.8) is 0 Å². The third-order valence-electron chi connectivity index (χ3n) is 2.00. The summed E-state index contributed by atoms with van der Waals surface area (Å²) >= 11 is 0. The molecule has 1 aromatic rings. The first kappa shape index (κ1) is 13.6. The largest absolute Gasteiger partial charge is 0.464 e. The van der Waals surface area contributed by atoms with Crippen LogP contribution in [0.3, 0.4) is 0 Å². The van der Waals surface area contributed by atoms with E-state index in [1.165, 1.54) is 0 Å². The van der Waals surface area contributed by atoms with Gasteiger partial charge in [-0.25, -0.2) is 4.79 Å². The molecule has 0 aliphatic heterocycles. The monoisotopic (exact) mass is 238 g/mol. The lowest BCUT2D eigenvalue weighted by atomic mass is 10.3. The zero-order chi connectivity index (χ0) is 12.3.